The molecule has 1 saturated heterocycles. The van der Waals surface area contributed by atoms with Crippen LogP contribution in [-0.4, -0.2) is 23.0 Å². The maximum atomic E-state index is 12.4. The van der Waals surface area contributed by atoms with Gasteiger partial charge < -0.3 is 10.6 Å². The number of hydrogen-bond acceptors (Lipinski definition) is 3. The van der Waals surface area contributed by atoms with Gasteiger partial charge in [0.05, 0.1) is 11.2 Å². The van der Waals surface area contributed by atoms with Gasteiger partial charge >= 0.3 is 0 Å². The quantitative estimate of drug-likeness (QED) is 0.837. The topological polar surface area (TPSA) is 54.0 Å². The van der Waals surface area contributed by atoms with Crippen LogP contribution in [0, 0.1) is 0 Å². The molecule has 1 aliphatic heterocycles. The fourth-order valence-corrected chi connectivity index (χ4v) is 2.70. The summed E-state index contributed by atoms with van der Waals surface area (Å²) in [6.45, 7) is 2.89. The summed E-state index contributed by atoms with van der Waals surface area (Å²) >= 11 is 9.28. The van der Waals surface area contributed by atoms with Crippen LogP contribution in [0.3, 0.4) is 0 Å². The molecule has 0 bridgehead atoms. The molecule has 0 radical (unpaired) electrons. The van der Waals surface area contributed by atoms with E-state index < -0.39 is 5.54 Å². The highest BCUT2D eigenvalue weighted by Crippen LogP contribution is 2.28. The molecule has 98 valence electrons. The van der Waals surface area contributed by atoms with Gasteiger partial charge in [0, 0.05) is 10.7 Å². The molecule has 6 heteroatoms. The van der Waals surface area contributed by atoms with Crippen molar-refractivity contribution in [3.05, 3.63) is 21.9 Å². The molecular formula is C12H15BrClN3O. The van der Waals surface area contributed by atoms with Crippen molar-refractivity contribution in [3.63, 3.8) is 0 Å². The highest BCUT2D eigenvalue weighted by molar-refractivity contribution is 9.10. The molecule has 2 rings (SSSR count). The molecule has 2 N–H and O–H groups in total. The molecule has 18 heavy (non-hydrogen) atoms. The normalized spacial score (nSPS) is 23.1. The maximum Gasteiger partial charge on any atom is 0.244 e. The van der Waals surface area contributed by atoms with Crippen molar-refractivity contribution >= 4 is 39.1 Å². The Bertz CT molecular complexity index is 461. The number of pyridine rings is 1. The number of halogens is 2. The summed E-state index contributed by atoms with van der Waals surface area (Å²) in [6.07, 6.45) is 4.24. The van der Waals surface area contributed by atoms with E-state index in [0.29, 0.717) is 10.8 Å². The van der Waals surface area contributed by atoms with Crippen LogP contribution in [0.5, 0.6) is 0 Å². The molecule has 1 amide bonds. The van der Waals surface area contributed by atoms with E-state index in [4.69, 9.17) is 11.6 Å². The van der Waals surface area contributed by atoms with E-state index >= 15 is 0 Å². The number of aromatic nitrogens is 1. The van der Waals surface area contributed by atoms with Crippen molar-refractivity contribution < 1.29 is 4.79 Å². The third-order valence-electron chi connectivity index (χ3n) is 3.34. The third-order valence-corrected chi connectivity index (χ3v) is 4.07. The van der Waals surface area contributed by atoms with Gasteiger partial charge in [-0.05, 0) is 47.8 Å². The van der Waals surface area contributed by atoms with E-state index in [9.17, 15) is 4.79 Å². The second-order valence-electron chi connectivity index (χ2n) is 4.41. The first kappa shape index (κ1) is 13.8. The molecule has 1 aliphatic rings. The fourth-order valence-electron chi connectivity index (χ4n) is 2.21. The van der Waals surface area contributed by atoms with Crippen LogP contribution < -0.4 is 10.6 Å². The minimum atomic E-state index is -0.467. The zero-order valence-electron chi connectivity index (χ0n) is 10.1. The van der Waals surface area contributed by atoms with E-state index in [1.807, 2.05) is 6.92 Å². The number of amides is 1. The summed E-state index contributed by atoms with van der Waals surface area (Å²) in [5.41, 5.74) is 0.0728. The van der Waals surface area contributed by atoms with E-state index in [2.05, 4.69) is 31.5 Å². The number of nitrogens with zero attached hydrogens (tertiary/aromatic N) is 1. The van der Waals surface area contributed by atoms with Gasteiger partial charge in [-0.15, -0.1) is 0 Å². The Labute approximate surface area is 120 Å². The molecule has 0 spiro atoms. The van der Waals surface area contributed by atoms with Crippen LogP contribution in [0.1, 0.15) is 26.2 Å². The van der Waals surface area contributed by atoms with Gasteiger partial charge in [-0.25, -0.2) is 4.98 Å². The lowest BCUT2D eigenvalue weighted by Crippen LogP contribution is -2.50. The predicted octanol–water partition coefficient (Wildman–Crippen LogP) is 2.97. The standard InChI is InChI=1S/C12H15BrClN3O/c1-2-12(4-3-5-16-12)11(18)17-9-6-8(13)7-15-10(9)14/h6-7,16H,2-5H2,1H3,(H,17,18). The Morgan fingerprint density at radius 2 is 2.50 bits per heavy atom. The third kappa shape index (κ3) is 2.68. The first-order valence-electron chi connectivity index (χ1n) is 5.95. The van der Waals surface area contributed by atoms with E-state index in [0.717, 1.165) is 30.3 Å². The van der Waals surface area contributed by atoms with E-state index in [-0.39, 0.29) is 5.91 Å². The summed E-state index contributed by atoms with van der Waals surface area (Å²) in [4.78, 5) is 16.3. The Balaban J connectivity index is 2.18. The molecule has 0 saturated carbocycles. The molecule has 1 aromatic heterocycles. The second-order valence-corrected chi connectivity index (χ2v) is 5.69. The van der Waals surface area contributed by atoms with Gasteiger partial charge in [-0.2, -0.15) is 0 Å². The maximum absolute atomic E-state index is 12.4. The van der Waals surface area contributed by atoms with Crippen LogP contribution in [0.4, 0.5) is 5.69 Å². The van der Waals surface area contributed by atoms with Crippen molar-refractivity contribution in [3.8, 4) is 0 Å². The monoisotopic (exact) mass is 331 g/mol. The van der Waals surface area contributed by atoms with Gasteiger partial charge in [0.25, 0.3) is 0 Å². The van der Waals surface area contributed by atoms with E-state index in [1.54, 1.807) is 12.3 Å². The Morgan fingerprint density at radius 3 is 3.11 bits per heavy atom. The van der Waals surface area contributed by atoms with Gasteiger partial charge in [-0.3, -0.25) is 4.79 Å². The number of carbonyl (C=O) groups is 1. The summed E-state index contributed by atoms with van der Waals surface area (Å²) in [5.74, 6) is -0.0377. The predicted molar refractivity (Wildman–Crippen MR) is 75.8 cm³/mol. The summed E-state index contributed by atoms with van der Waals surface area (Å²) < 4.78 is 0.784. The van der Waals surface area contributed by atoms with Crippen molar-refractivity contribution in [2.45, 2.75) is 31.7 Å². The van der Waals surface area contributed by atoms with Crippen LogP contribution in [0.2, 0.25) is 5.15 Å². The van der Waals surface area contributed by atoms with Crippen molar-refractivity contribution in [2.75, 3.05) is 11.9 Å². The molecule has 4 nitrogen and oxygen atoms in total. The minimum Gasteiger partial charge on any atom is -0.322 e. The Morgan fingerprint density at radius 1 is 1.72 bits per heavy atom. The largest absolute Gasteiger partial charge is 0.322 e. The molecular weight excluding hydrogens is 318 g/mol. The summed E-state index contributed by atoms with van der Waals surface area (Å²) in [6, 6.07) is 1.76. The molecule has 2 heterocycles. The molecule has 1 unspecified atom stereocenters. The highest BCUT2D eigenvalue weighted by atomic mass is 79.9. The van der Waals surface area contributed by atoms with Gasteiger partial charge in [0.1, 0.15) is 0 Å². The van der Waals surface area contributed by atoms with Crippen LogP contribution >= 0.6 is 27.5 Å². The number of hydrogen-bond donors (Lipinski definition) is 2. The molecule has 1 atom stereocenters. The molecule has 0 aliphatic carbocycles. The average Bonchev–Trinajstić information content (AvgIpc) is 2.84. The van der Waals surface area contributed by atoms with Gasteiger partial charge in [-0.1, -0.05) is 18.5 Å². The number of anilines is 1. The lowest BCUT2D eigenvalue weighted by atomic mass is 9.93. The Kier molecular flexibility index (Phi) is 4.25. The summed E-state index contributed by atoms with van der Waals surface area (Å²) in [7, 11) is 0. The first-order chi connectivity index (χ1) is 8.57. The zero-order valence-corrected chi connectivity index (χ0v) is 12.4. The lowest BCUT2D eigenvalue weighted by molar-refractivity contribution is -0.122. The number of carbonyl (C=O) groups excluding carboxylic acids is 1. The smallest absolute Gasteiger partial charge is 0.244 e. The fraction of sp³-hybridized carbons (Fsp3) is 0.500. The minimum absolute atomic E-state index is 0.0377. The number of nitrogens with one attached hydrogen (secondary N) is 2. The van der Waals surface area contributed by atoms with Crippen LogP contribution in [0.15, 0.2) is 16.7 Å². The zero-order chi connectivity index (χ0) is 13.2. The molecule has 0 aromatic carbocycles. The lowest BCUT2D eigenvalue weighted by Gasteiger charge is -2.26. The van der Waals surface area contributed by atoms with Crippen LogP contribution in [0.25, 0.3) is 0 Å². The van der Waals surface area contributed by atoms with Gasteiger partial charge in [0.15, 0.2) is 5.15 Å². The highest BCUT2D eigenvalue weighted by Gasteiger charge is 2.39. The van der Waals surface area contributed by atoms with Crippen molar-refractivity contribution in [2.24, 2.45) is 0 Å². The SMILES string of the molecule is CCC1(C(=O)Nc2cc(Br)cnc2Cl)CCCN1. The van der Waals surface area contributed by atoms with Crippen LogP contribution in [-0.2, 0) is 4.79 Å². The average molecular weight is 333 g/mol. The molecule has 1 fully saturated rings. The van der Waals surface area contributed by atoms with Gasteiger partial charge in [0.2, 0.25) is 5.91 Å². The van der Waals surface area contributed by atoms with E-state index in [1.165, 1.54) is 0 Å². The molecule has 1 aromatic rings. The number of rotatable bonds is 3. The Hall–Kier alpha value is -0.650. The van der Waals surface area contributed by atoms with Crippen molar-refractivity contribution in [1.29, 1.82) is 0 Å². The second kappa shape index (κ2) is 5.55. The first-order valence-corrected chi connectivity index (χ1v) is 7.12. The van der Waals surface area contributed by atoms with Crippen molar-refractivity contribution in [1.82, 2.24) is 10.3 Å². The summed E-state index contributed by atoms with van der Waals surface area (Å²) in [5, 5.41) is 6.45.